The Hall–Kier alpha value is -2.57. The molecule has 1 atom stereocenters. The third-order valence-electron chi connectivity index (χ3n) is 4.08. The number of carbonyl (C=O) groups is 2. The standard InChI is InChI=1S/C16H20N4O3/c1-11(18-16(22)13-7-4-10-23-13)15(21)19-14-8-9-17-20(14)12-5-2-3-6-12/h4,7-12H,2-3,5-6H2,1H3,(H,18,22)(H,19,21). The normalized spacial score (nSPS) is 16.2. The Morgan fingerprint density at radius 2 is 2.13 bits per heavy atom. The largest absolute Gasteiger partial charge is 0.459 e. The Morgan fingerprint density at radius 1 is 1.35 bits per heavy atom. The van der Waals surface area contributed by atoms with Crippen LogP contribution >= 0.6 is 0 Å². The van der Waals surface area contributed by atoms with E-state index in [1.807, 2.05) is 4.68 Å². The molecule has 0 aliphatic heterocycles. The molecule has 2 aromatic heterocycles. The molecule has 7 nitrogen and oxygen atoms in total. The van der Waals surface area contributed by atoms with Crippen molar-refractivity contribution < 1.29 is 14.0 Å². The van der Waals surface area contributed by atoms with Gasteiger partial charge in [-0.1, -0.05) is 12.8 Å². The third kappa shape index (κ3) is 3.44. The number of hydrogen-bond donors (Lipinski definition) is 2. The zero-order valence-corrected chi connectivity index (χ0v) is 13.0. The summed E-state index contributed by atoms with van der Waals surface area (Å²) < 4.78 is 6.88. The minimum atomic E-state index is -0.681. The molecule has 1 unspecified atom stereocenters. The molecule has 3 rings (SSSR count). The van der Waals surface area contributed by atoms with Gasteiger partial charge in [0.25, 0.3) is 5.91 Å². The van der Waals surface area contributed by atoms with E-state index in [2.05, 4.69) is 15.7 Å². The maximum atomic E-state index is 12.3. The number of anilines is 1. The van der Waals surface area contributed by atoms with Crippen molar-refractivity contribution in [1.82, 2.24) is 15.1 Å². The lowest BCUT2D eigenvalue weighted by Gasteiger charge is -2.17. The molecule has 23 heavy (non-hydrogen) atoms. The zero-order valence-electron chi connectivity index (χ0n) is 13.0. The summed E-state index contributed by atoms with van der Waals surface area (Å²) in [5.74, 6) is 0.147. The van der Waals surface area contributed by atoms with Crippen LogP contribution in [-0.2, 0) is 4.79 Å². The Labute approximate surface area is 134 Å². The highest BCUT2D eigenvalue weighted by Crippen LogP contribution is 2.31. The van der Waals surface area contributed by atoms with Crippen molar-refractivity contribution in [3.05, 3.63) is 36.4 Å². The summed E-state index contributed by atoms with van der Waals surface area (Å²) in [4.78, 5) is 24.2. The van der Waals surface area contributed by atoms with Gasteiger partial charge >= 0.3 is 0 Å². The van der Waals surface area contributed by atoms with Gasteiger partial charge in [0.2, 0.25) is 5.91 Å². The van der Waals surface area contributed by atoms with Crippen LogP contribution in [0.2, 0.25) is 0 Å². The van der Waals surface area contributed by atoms with Crippen molar-refractivity contribution in [3.8, 4) is 0 Å². The number of rotatable bonds is 5. The summed E-state index contributed by atoms with van der Waals surface area (Å²) in [6, 6.07) is 4.61. The number of amides is 2. The zero-order chi connectivity index (χ0) is 16.2. The predicted molar refractivity (Wildman–Crippen MR) is 84.0 cm³/mol. The van der Waals surface area contributed by atoms with Crippen LogP contribution in [0, 0.1) is 0 Å². The van der Waals surface area contributed by atoms with Crippen LogP contribution in [0.4, 0.5) is 5.82 Å². The predicted octanol–water partition coefficient (Wildman–Crippen LogP) is 2.35. The highest BCUT2D eigenvalue weighted by molar-refractivity contribution is 5.99. The van der Waals surface area contributed by atoms with Gasteiger partial charge in [-0.2, -0.15) is 5.10 Å². The fourth-order valence-electron chi connectivity index (χ4n) is 2.83. The van der Waals surface area contributed by atoms with Gasteiger partial charge in [-0.15, -0.1) is 0 Å². The van der Waals surface area contributed by atoms with Gasteiger partial charge < -0.3 is 15.1 Å². The first kappa shape index (κ1) is 15.3. The molecule has 0 bridgehead atoms. The molecule has 0 spiro atoms. The Bertz CT molecular complexity index is 671. The van der Waals surface area contributed by atoms with Gasteiger partial charge in [0, 0.05) is 6.07 Å². The smallest absolute Gasteiger partial charge is 0.287 e. The molecule has 2 amide bonds. The second kappa shape index (κ2) is 6.68. The highest BCUT2D eigenvalue weighted by atomic mass is 16.3. The van der Waals surface area contributed by atoms with Crippen LogP contribution in [0.15, 0.2) is 35.1 Å². The van der Waals surface area contributed by atoms with Gasteiger partial charge in [0.1, 0.15) is 11.9 Å². The summed E-state index contributed by atoms with van der Waals surface area (Å²) in [7, 11) is 0. The summed E-state index contributed by atoms with van der Waals surface area (Å²) in [6.45, 7) is 1.63. The number of furan rings is 1. The first-order valence-electron chi connectivity index (χ1n) is 7.84. The number of carbonyl (C=O) groups excluding carboxylic acids is 2. The van der Waals surface area contributed by atoms with Crippen molar-refractivity contribution in [2.24, 2.45) is 0 Å². The van der Waals surface area contributed by atoms with Crippen molar-refractivity contribution >= 4 is 17.6 Å². The second-order valence-corrected chi connectivity index (χ2v) is 5.76. The molecule has 0 aromatic carbocycles. The van der Waals surface area contributed by atoms with Gasteiger partial charge in [-0.05, 0) is 31.9 Å². The molecule has 0 radical (unpaired) electrons. The number of nitrogens with one attached hydrogen (secondary N) is 2. The monoisotopic (exact) mass is 316 g/mol. The summed E-state index contributed by atoms with van der Waals surface area (Å²) in [6.07, 6.45) is 7.63. The lowest BCUT2D eigenvalue weighted by molar-refractivity contribution is -0.117. The number of nitrogens with zero attached hydrogens (tertiary/aromatic N) is 2. The van der Waals surface area contributed by atoms with Crippen LogP contribution in [0.3, 0.4) is 0 Å². The van der Waals surface area contributed by atoms with Gasteiger partial charge in [0.15, 0.2) is 5.76 Å². The average Bonchev–Trinajstić information content (AvgIpc) is 3.28. The van der Waals surface area contributed by atoms with E-state index in [9.17, 15) is 9.59 Å². The highest BCUT2D eigenvalue weighted by Gasteiger charge is 2.23. The molecule has 2 N–H and O–H groups in total. The SMILES string of the molecule is CC(NC(=O)c1ccco1)C(=O)Nc1ccnn1C1CCCC1. The van der Waals surface area contributed by atoms with E-state index in [4.69, 9.17) is 4.42 Å². The van der Waals surface area contributed by atoms with Crippen LogP contribution in [0.5, 0.6) is 0 Å². The lowest BCUT2D eigenvalue weighted by Crippen LogP contribution is -2.41. The first-order chi connectivity index (χ1) is 11.1. The summed E-state index contributed by atoms with van der Waals surface area (Å²) >= 11 is 0. The molecular formula is C16H20N4O3. The van der Waals surface area contributed by atoms with Crippen LogP contribution in [0.25, 0.3) is 0 Å². The number of aromatic nitrogens is 2. The van der Waals surface area contributed by atoms with Crippen molar-refractivity contribution in [2.45, 2.75) is 44.7 Å². The van der Waals surface area contributed by atoms with Crippen LogP contribution in [-0.4, -0.2) is 27.6 Å². The molecule has 2 heterocycles. The molecule has 1 aliphatic carbocycles. The third-order valence-corrected chi connectivity index (χ3v) is 4.08. The minimum Gasteiger partial charge on any atom is -0.459 e. The van der Waals surface area contributed by atoms with Crippen LogP contribution < -0.4 is 10.6 Å². The second-order valence-electron chi connectivity index (χ2n) is 5.76. The molecule has 122 valence electrons. The molecule has 1 fully saturated rings. The van der Waals surface area contributed by atoms with E-state index < -0.39 is 11.9 Å². The molecule has 0 saturated heterocycles. The minimum absolute atomic E-state index is 0.181. The maximum Gasteiger partial charge on any atom is 0.287 e. The molecule has 1 saturated carbocycles. The van der Waals surface area contributed by atoms with Gasteiger partial charge in [-0.25, -0.2) is 4.68 Å². The Balaban J connectivity index is 1.60. The van der Waals surface area contributed by atoms with Gasteiger partial charge in [-0.3, -0.25) is 9.59 Å². The first-order valence-corrected chi connectivity index (χ1v) is 7.84. The van der Waals surface area contributed by atoms with E-state index in [-0.39, 0.29) is 11.7 Å². The average molecular weight is 316 g/mol. The van der Waals surface area contributed by atoms with E-state index in [1.165, 1.54) is 19.1 Å². The van der Waals surface area contributed by atoms with Gasteiger partial charge in [0.05, 0.1) is 18.5 Å². The fourth-order valence-corrected chi connectivity index (χ4v) is 2.83. The van der Waals surface area contributed by atoms with Crippen molar-refractivity contribution in [1.29, 1.82) is 0 Å². The topological polar surface area (TPSA) is 89.2 Å². The Morgan fingerprint density at radius 3 is 2.83 bits per heavy atom. The number of hydrogen-bond acceptors (Lipinski definition) is 4. The molecular weight excluding hydrogens is 296 g/mol. The molecule has 1 aliphatic rings. The summed E-state index contributed by atoms with van der Waals surface area (Å²) in [5, 5.41) is 9.75. The molecule has 7 heteroatoms. The van der Waals surface area contributed by atoms with E-state index in [0.717, 1.165) is 12.8 Å². The van der Waals surface area contributed by atoms with E-state index in [0.29, 0.717) is 11.9 Å². The van der Waals surface area contributed by atoms with E-state index in [1.54, 1.807) is 31.3 Å². The van der Waals surface area contributed by atoms with Crippen molar-refractivity contribution in [3.63, 3.8) is 0 Å². The lowest BCUT2D eigenvalue weighted by atomic mass is 10.2. The summed E-state index contributed by atoms with van der Waals surface area (Å²) in [5.41, 5.74) is 0. The maximum absolute atomic E-state index is 12.3. The van der Waals surface area contributed by atoms with Crippen molar-refractivity contribution in [2.75, 3.05) is 5.32 Å². The quantitative estimate of drug-likeness (QED) is 0.886. The van der Waals surface area contributed by atoms with Crippen LogP contribution in [0.1, 0.15) is 49.2 Å². The van der Waals surface area contributed by atoms with E-state index >= 15 is 0 Å². The fraction of sp³-hybridized carbons (Fsp3) is 0.438. The molecule has 2 aromatic rings. The Kier molecular flexibility index (Phi) is 4.45.